The molecule has 0 nitrogen and oxygen atoms in total. The molecule has 0 aromatic heterocycles. The van der Waals surface area contributed by atoms with E-state index in [2.05, 4.69) is 0 Å². The van der Waals surface area contributed by atoms with Gasteiger partial charge in [0.15, 0.2) is 0 Å². The molecule has 0 heterocycles. The summed E-state index contributed by atoms with van der Waals surface area (Å²) in [4.78, 5) is 0. The van der Waals surface area contributed by atoms with Gasteiger partial charge in [-0.15, -0.1) is 0 Å². The summed E-state index contributed by atoms with van der Waals surface area (Å²) in [5, 5.41) is 0. The predicted octanol–water partition coefficient (Wildman–Crippen LogP) is -3.13. The monoisotopic (exact) mass is 114 g/mol. The maximum atomic E-state index is 0. The molecule has 0 aromatic carbocycles. The predicted molar refractivity (Wildman–Crippen MR) is 31.4 cm³/mol. The van der Waals surface area contributed by atoms with Crippen LogP contribution in [-0.4, -0.2) is 69.4 Å². The van der Waals surface area contributed by atoms with Crippen LogP contribution in [0.1, 0.15) is 0 Å². The molecule has 0 rings (SSSR count). The second-order valence-electron chi connectivity index (χ2n) is 0. The summed E-state index contributed by atoms with van der Waals surface area (Å²) >= 11 is 0. The van der Waals surface area contributed by atoms with Crippen LogP contribution in [0.3, 0.4) is 0 Å². The van der Waals surface area contributed by atoms with E-state index in [0.717, 1.165) is 0 Å². The number of hydrogen-bond donors (Lipinski definition) is 0. The van der Waals surface area contributed by atoms with Gasteiger partial charge in [-0.2, -0.15) is 0 Å². The Balaban J connectivity index is 0. The van der Waals surface area contributed by atoms with E-state index in [1.54, 1.807) is 0 Å². The van der Waals surface area contributed by atoms with Crippen molar-refractivity contribution in [3.8, 4) is 0 Å². The van der Waals surface area contributed by atoms with Crippen LogP contribution in [0.4, 0.5) is 0 Å². The van der Waals surface area contributed by atoms with Crippen molar-refractivity contribution in [2.45, 2.75) is 0 Å². The summed E-state index contributed by atoms with van der Waals surface area (Å²) in [7, 11) is 0. The lowest BCUT2D eigenvalue weighted by Crippen LogP contribution is -0.382. The van der Waals surface area contributed by atoms with E-state index in [9.17, 15) is 0 Å². The zero-order chi connectivity index (χ0) is 0. The first-order chi connectivity index (χ1) is 0. The summed E-state index contributed by atoms with van der Waals surface area (Å²) in [6.07, 6.45) is 0. The number of hydrogen-bond acceptors (Lipinski definition) is 0. The highest BCUT2D eigenvalue weighted by Crippen LogP contribution is -0.378. The Labute approximate surface area is 68.9 Å². The van der Waals surface area contributed by atoms with Crippen LogP contribution < -0.4 is 0 Å². The molecule has 6 radical (unpaired) electrons. The van der Waals surface area contributed by atoms with Crippen LogP contribution in [0.5, 0.6) is 0 Å². The first-order valence-corrected chi connectivity index (χ1v) is 0. The fourth-order valence-corrected chi connectivity index (χ4v) is 0. The van der Waals surface area contributed by atoms with Gasteiger partial charge in [0.25, 0.3) is 0 Å². The molecule has 0 amide bonds. The third kappa shape index (κ3) is 8.92. The fraction of sp³-hybridized carbons (Fsp3) is 0. The van der Waals surface area contributed by atoms with Crippen molar-refractivity contribution < 1.29 is 0 Å². The van der Waals surface area contributed by atoms with Crippen molar-refractivity contribution in [3.05, 3.63) is 0 Å². The SMILES string of the molecule is [AlH2].[AlH2].[AlH].[AlH]. The van der Waals surface area contributed by atoms with E-state index in [1.807, 2.05) is 0 Å². The van der Waals surface area contributed by atoms with Crippen molar-refractivity contribution in [3.63, 3.8) is 0 Å². The molecule has 0 atom stereocenters. The van der Waals surface area contributed by atoms with Gasteiger partial charge < -0.3 is 0 Å². The van der Waals surface area contributed by atoms with E-state index >= 15 is 0 Å². The lowest BCUT2D eigenvalue weighted by atomic mass is 27.0. The summed E-state index contributed by atoms with van der Waals surface area (Å²) in [6.45, 7) is 0. The van der Waals surface area contributed by atoms with Crippen molar-refractivity contribution in [1.82, 2.24) is 0 Å². The van der Waals surface area contributed by atoms with Gasteiger partial charge in [0, 0.05) is 0 Å². The molecule has 0 bridgehead atoms. The Hall–Kier alpha value is 2.13. The topological polar surface area (TPSA) is 0 Å². The van der Waals surface area contributed by atoms with Gasteiger partial charge >= 0.3 is 0 Å². The molecule has 0 fully saturated rings. The van der Waals surface area contributed by atoms with E-state index < -0.39 is 0 Å². The third-order valence-corrected chi connectivity index (χ3v) is 0. The first-order valence-electron chi connectivity index (χ1n) is 0. The molecule has 0 saturated heterocycles. The average Bonchev–Trinajstić information content (AvgIpc) is 0. The molecule has 0 aromatic rings. The zero-order valence-corrected chi connectivity index (χ0v) is 10.2. The van der Waals surface area contributed by atoms with Crippen LogP contribution in [0.25, 0.3) is 0 Å². The zero-order valence-electron chi connectivity index (χ0n) is 3.41. The van der Waals surface area contributed by atoms with Gasteiger partial charge in [-0.05, 0) is 0 Å². The second kappa shape index (κ2) is 19.3. The Morgan fingerprint density at radius 2 is 0.500 bits per heavy atom. The van der Waals surface area contributed by atoms with E-state index in [0.29, 0.717) is 0 Å². The van der Waals surface area contributed by atoms with Gasteiger partial charge in [-0.25, -0.2) is 0 Å². The Morgan fingerprint density at radius 3 is 0.500 bits per heavy atom. The quantitative estimate of drug-likeness (QED) is 0.292. The lowest BCUT2D eigenvalue weighted by molar-refractivity contribution is 5.75. The minimum absolute atomic E-state index is 0. The third-order valence-electron chi connectivity index (χ3n) is 0. The van der Waals surface area contributed by atoms with Crippen molar-refractivity contribution in [1.29, 1.82) is 0 Å². The summed E-state index contributed by atoms with van der Waals surface area (Å²) < 4.78 is 0. The van der Waals surface area contributed by atoms with Gasteiger partial charge in [0.2, 0.25) is 0 Å². The van der Waals surface area contributed by atoms with Crippen LogP contribution in [-0.2, 0) is 0 Å². The number of rotatable bonds is 0. The van der Waals surface area contributed by atoms with Gasteiger partial charge in [-0.1, -0.05) is 0 Å². The normalized spacial score (nSPS) is 0. The molecule has 0 aliphatic rings. The van der Waals surface area contributed by atoms with Crippen molar-refractivity contribution in [2.24, 2.45) is 0 Å². The molecule has 0 saturated carbocycles. The largest absolute Gasteiger partial charge is 0.146 e. The summed E-state index contributed by atoms with van der Waals surface area (Å²) in [6, 6.07) is 0. The second-order valence-corrected chi connectivity index (χ2v) is 0. The van der Waals surface area contributed by atoms with Gasteiger partial charge in [-0.3, -0.25) is 0 Å². The first kappa shape index (κ1) is 35.6. The van der Waals surface area contributed by atoms with Crippen LogP contribution in [0.15, 0.2) is 0 Å². The average molecular weight is 114 g/mol. The Morgan fingerprint density at radius 1 is 0.500 bits per heavy atom. The molecule has 0 aliphatic carbocycles. The van der Waals surface area contributed by atoms with E-state index in [-0.39, 0.29) is 69.4 Å². The van der Waals surface area contributed by atoms with Crippen LogP contribution in [0, 0.1) is 0 Å². The van der Waals surface area contributed by atoms with E-state index in [4.69, 9.17) is 0 Å². The van der Waals surface area contributed by atoms with Crippen molar-refractivity contribution >= 4 is 69.4 Å². The smallest absolute Gasteiger partial charge is 0.0854 e. The molecule has 0 aliphatic heterocycles. The summed E-state index contributed by atoms with van der Waals surface area (Å²) in [5.74, 6) is 0. The van der Waals surface area contributed by atoms with Gasteiger partial charge in [0.05, 0.1) is 34.7 Å². The fourth-order valence-electron chi connectivity index (χ4n) is 0. The van der Waals surface area contributed by atoms with E-state index in [1.165, 1.54) is 0 Å². The molecule has 18 valence electrons. The maximum absolute atomic E-state index is 0. The summed E-state index contributed by atoms with van der Waals surface area (Å²) in [5.41, 5.74) is 0. The van der Waals surface area contributed by atoms with Crippen LogP contribution in [0.2, 0.25) is 0 Å². The molecule has 0 unspecified atom stereocenters. The van der Waals surface area contributed by atoms with Gasteiger partial charge in [0.1, 0.15) is 34.7 Å². The minimum Gasteiger partial charge on any atom is 0.0854 e. The van der Waals surface area contributed by atoms with Crippen LogP contribution >= 0.6 is 0 Å². The highest BCUT2D eigenvalue weighted by Gasteiger charge is 0.147. The lowest BCUT2D eigenvalue weighted by Gasteiger charge is 0.0844. The minimum atomic E-state index is 0. The highest BCUT2D eigenvalue weighted by molar-refractivity contribution is 5.76. The maximum Gasteiger partial charge on any atom is 0.146 e. The molecule has 4 heavy (non-hydrogen) atoms. The molecular formula is H6Al4. The Kier molecular flexibility index (Phi) is 171. The Bertz CT molecular complexity index is 0. The molecule has 0 N–H and O–H groups in total. The molecule has 0 spiro atoms. The van der Waals surface area contributed by atoms with Crippen molar-refractivity contribution in [2.75, 3.05) is 0 Å². The standard InChI is InChI=1S/4Al.6H. The molecule has 4 heteroatoms. The highest BCUT2D eigenvalue weighted by atomic mass is 27.0. The molecular weight excluding hydrogens is 108 g/mol.